The van der Waals surface area contributed by atoms with Gasteiger partial charge in [0.1, 0.15) is 0 Å². The van der Waals surface area contributed by atoms with E-state index in [9.17, 15) is 0 Å². The Kier molecular flexibility index (Phi) is 591. The zero-order valence-electron chi connectivity index (χ0n) is 75.3. The maximum Gasteiger partial charge on any atom is 2.00 e. The van der Waals surface area contributed by atoms with E-state index in [-0.39, 0.29) is 159 Å². The molecule has 67 heteroatoms. The summed E-state index contributed by atoms with van der Waals surface area (Å²) in [5, 5.41) is 175. The summed E-state index contributed by atoms with van der Waals surface area (Å²) in [5.41, 5.74) is 41.3. The third-order valence-electron chi connectivity index (χ3n) is 2.57. The molecule has 0 bridgehead atoms. The minimum absolute atomic E-state index is 0. The van der Waals surface area contributed by atoms with Crippen molar-refractivity contribution >= 4 is 119 Å². The number of carbonyl (C=O) groups is 20. The van der Waals surface area contributed by atoms with Crippen LogP contribution in [0.3, 0.4) is 0 Å². The van der Waals surface area contributed by atoms with Crippen molar-refractivity contribution in [1.82, 2.24) is 82.8 Å². The third kappa shape index (κ3) is 24300. The quantitative estimate of drug-likeness (QED) is 0.0504. The van der Waals surface area contributed by atoms with Gasteiger partial charge in [0.05, 0.1) is 0 Å². The Labute approximate surface area is 782 Å². The van der Waals surface area contributed by atoms with Gasteiger partial charge in [-0.2, -0.15) is 0 Å². The van der Waals surface area contributed by atoms with Gasteiger partial charge in [0.15, 0.2) is 0 Å². The summed E-state index contributed by atoms with van der Waals surface area (Å²) >= 11 is 0. The van der Waals surface area contributed by atoms with Crippen molar-refractivity contribution in [3.05, 3.63) is 0 Å². The Balaban J connectivity index is -0.0000000161. The summed E-state index contributed by atoms with van der Waals surface area (Å²) in [7, 11) is 0. The number of nitrogens with two attached hydrogens (primary N) is 8. The molecule has 0 aliphatic carbocycles. The summed E-state index contributed by atoms with van der Waals surface area (Å²) in [6.07, 6.45) is 0. The fourth-order valence-electron chi connectivity index (χ4n) is 1.32. The molecule has 0 rings (SSSR count). The molecule has 0 fully saturated rings. The van der Waals surface area contributed by atoms with Crippen molar-refractivity contribution in [2.45, 2.75) is 138 Å². The van der Waals surface area contributed by atoms with Crippen LogP contribution in [0, 0.1) is 0 Å². The summed E-state index contributed by atoms with van der Waals surface area (Å²) in [4.78, 5) is 179. The SMILES string of the molecule is CC(=O)O.CC(=O)O.CC(=O)O.CC(=O)O.CC(=O)O.CC(=O)O.CC(=O)O.CC(=O)O.CC(=O)O.CC(=O)O.CC(=O)[O-].CC(=O)[O-].CC(=O)[O-].CC(=O)[O-].CC(=O)[O-].CC(=O)[O-].CC(=O)[O-].CC(=O)[O-].CC(=O)[O-].CC(=O)[O-].N.N.N.N.N.N.N.N.N.N.NCCNCCN.NCCNCCN.NCCNCCN.NCCNCCN.[Zn+2].[Zn+2].[Zn+2].[Zn+2].[Zn+2]. The topological polar surface area (TPSA) is 1380 Å². The number of hydrogen-bond acceptors (Lipinski definition) is 52. The molecule has 0 atom stereocenters. The predicted molar refractivity (Wildman–Crippen MR) is 414 cm³/mol. The molecule has 0 spiro atoms. The van der Waals surface area contributed by atoms with Gasteiger partial charge in [0.25, 0.3) is 59.7 Å². The van der Waals surface area contributed by atoms with E-state index in [1.165, 1.54) is 0 Å². The first-order valence-electron chi connectivity index (χ1n) is 28.5. The van der Waals surface area contributed by atoms with E-state index in [0.717, 1.165) is 191 Å². The molecular weight excluding hydrogens is 1950 g/mol. The molecule has 0 radical (unpaired) electrons. The molecule has 0 saturated heterocycles. The second kappa shape index (κ2) is 281. The number of carbonyl (C=O) groups excluding carboxylic acids is 10. The van der Waals surface area contributed by atoms with E-state index >= 15 is 0 Å². The Morgan fingerprint density at radius 1 is 0.163 bits per heavy atom. The van der Waals surface area contributed by atoms with E-state index in [1.54, 1.807) is 0 Å². The number of rotatable bonds is 16. The van der Waals surface area contributed by atoms with Crippen molar-refractivity contribution in [2.24, 2.45) is 45.9 Å². The van der Waals surface area contributed by atoms with Gasteiger partial charge in [-0.25, -0.2) is 0 Å². The Morgan fingerprint density at radius 2 is 0.187 bits per heavy atom. The predicted octanol–water partition coefficient (Wildman–Crippen LogP) is -15.9. The first-order chi connectivity index (χ1) is 48.3. The van der Waals surface area contributed by atoms with Crippen LogP contribution in [0.4, 0.5) is 0 Å². The van der Waals surface area contributed by atoms with Crippen LogP contribution < -0.4 is 180 Å². The minimum atomic E-state index is -1.08. The van der Waals surface area contributed by atoms with Crippen LogP contribution in [-0.2, 0) is 193 Å². The van der Waals surface area contributed by atoms with Crippen LogP contribution >= 0.6 is 0 Å². The molecule has 0 aromatic heterocycles. The summed E-state index contributed by atoms with van der Waals surface area (Å²) in [6, 6.07) is 0. The second-order valence-corrected chi connectivity index (χ2v) is 15.4. The third-order valence-corrected chi connectivity index (χ3v) is 2.57. The molecule has 60 N–H and O–H groups in total. The molecule has 0 unspecified atom stereocenters. The van der Waals surface area contributed by atoms with Crippen molar-refractivity contribution < 1.29 is 295 Å². The van der Waals surface area contributed by atoms with Gasteiger partial charge < -0.3 is 279 Å². The maximum absolute atomic E-state index is 9.00. The van der Waals surface area contributed by atoms with E-state index in [1.807, 2.05) is 0 Å². The molecule has 62 nitrogen and oxygen atoms in total. The van der Waals surface area contributed by atoms with Gasteiger partial charge in [0, 0.05) is 234 Å². The van der Waals surface area contributed by atoms with Gasteiger partial charge in [-0.1, -0.05) is 0 Å². The normalized spacial score (nSPS) is 6.21. The van der Waals surface area contributed by atoms with Crippen LogP contribution in [0.25, 0.3) is 0 Å². The molecule has 123 heavy (non-hydrogen) atoms. The van der Waals surface area contributed by atoms with E-state index < -0.39 is 119 Å². The van der Waals surface area contributed by atoms with Gasteiger partial charge in [-0.15, -0.1) is 0 Å². The zero-order chi connectivity index (χ0) is 93.7. The summed E-state index contributed by atoms with van der Waals surface area (Å²) < 4.78 is 0. The number of hydrogen-bond donors (Lipinski definition) is 32. The van der Waals surface area contributed by atoms with E-state index in [0.29, 0.717) is 52.4 Å². The number of nitrogens with one attached hydrogen (secondary N) is 4. The fraction of sp³-hybridized carbons (Fsp3) is 0.643. The zero-order valence-corrected chi connectivity index (χ0v) is 90.1. The Bertz CT molecular complexity index is 1470. The average Bonchev–Trinajstić information content (AvgIpc) is 1.26. The molecule has 0 amide bonds. The van der Waals surface area contributed by atoms with Crippen LogP contribution in [-0.4, -0.2) is 275 Å². The van der Waals surface area contributed by atoms with Crippen molar-refractivity contribution in [3.8, 4) is 0 Å². The van der Waals surface area contributed by atoms with Gasteiger partial charge in [0.2, 0.25) is 0 Å². The Hall–Kier alpha value is -8.36. The molecule has 0 heterocycles. The van der Waals surface area contributed by atoms with Crippen molar-refractivity contribution in [3.63, 3.8) is 0 Å². The van der Waals surface area contributed by atoms with Crippen LogP contribution in [0.2, 0.25) is 0 Å². The van der Waals surface area contributed by atoms with Crippen molar-refractivity contribution in [1.29, 1.82) is 0 Å². The van der Waals surface area contributed by atoms with Gasteiger partial charge >= 0.3 is 97.4 Å². The van der Waals surface area contributed by atoms with E-state index in [2.05, 4.69) is 21.3 Å². The van der Waals surface area contributed by atoms with Crippen LogP contribution in [0.1, 0.15) is 138 Å². The number of carboxylic acids is 20. The smallest absolute Gasteiger partial charge is 0.550 e. The molecule has 0 aliphatic rings. The van der Waals surface area contributed by atoms with Gasteiger partial charge in [-0.05, 0) is 69.2 Å². The Morgan fingerprint density at radius 3 is 0.203 bits per heavy atom. The van der Waals surface area contributed by atoms with Crippen LogP contribution in [0.15, 0.2) is 0 Å². The number of carboxylic acid groups (broad SMARTS) is 20. The average molecular weight is 2100 g/mol. The monoisotopic (exact) mass is 2090 g/mol. The van der Waals surface area contributed by atoms with E-state index in [4.69, 9.17) is 244 Å². The minimum Gasteiger partial charge on any atom is -0.550 e. The second-order valence-electron chi connectivity index (χ2n) is 15.4. The molecular formula is C56H152N22O40Zn5. The van der Waals surface area contributed by atoms with Crippen molar-refractivity contribution in [2.75, 3.05) is 105 Å². The standard InChI is InChI=1S/4C4H13N3.20C2H4O2.10H3N.5Zn/c4*5-1-3-7-4-2-6;20*1-2(3)4;;;;;;;;;;;;;;;/h4*7H,1-6H2;20*1H3,(H,3,4);10*1H3;;;;;/q;;;;;;;;;;;;;;;;;;;;;;;;;;;;;;;;;;5*+2/p-10. The van der Waals surface area contributed by atoms with Crippen LogP contribution in [0.5, 0.6) is 0 Å². The summed E-state index contributed by atoms with van der Waals surface area (Å²) in [6.45, 7) is 33.1. The summed E-state index contributed by atoms with van der Waals surface area (Å²) in [5.74, 6) is -19.2. The maximum atomic E-state index is 9.00. The molecule has 0 aliphatic heterocycles. The first-order valence-corrected chi connectivity index (χ1v) is 28.5. The number of aliphatic carboxylic acids is 20. The molecule has 0 aromatic carbocycles. The molecule has 736 valence electrons. The molecule has 0 aromatic rings. The first kappa shape index (κ1) is 259. The fourth-order valence-corrected chi connectivity index (χ4v) is 1.32. The largest absolute Gasteiger partial charge is 2.00 e. The molecule has 0 saturated carbocycles. The van der Waals surface area contributed by atoms with Gasteiger partial charge in [-0.3, -0.25) is 47.9 Å².